The second-order valence-electron chi connectivity index (χ2n) is 6.83. The second-order valence-corrected chi connectivity index (χ2v) is 7.78. The highest BCUT2D eigenvalue weighted by Crippen LogP contribution is 2.25. The molecule has 0 aliphatic carbocycles. The number of amides is 1. The standard InChI is InChI=1S/C24H20N2O6S/c1-29-20-5-2-4-17(12-20)25-23(27)15-30-19-9-7-16(8-10-19)24(28)31-14-18-13-21(32-26-18)22-6-3-11-33-22/h2-13H,14-15H2,1H3,(H,25,27). The minimum atomic E-state index is -0.502. The van der Waals surface area contributed by atoms with Crippen molar-refractivity contribution in [1.29, 1.82) is 0 Å². The molecule has 0 unspecified atom stereocenters. The molecular weight excluding hydrogens is 444 g/mol. The number of rotatable bonds is 9. The maximum atomic E-state index is 12.3. The summed E-state index contributed by atoms with van der Waals surface area (Å²) in [7, 11) is 1.56. The molecule has 8 nitrogen and oxygen atoms in total. The van der Waals surface area contributed by atoms with Crippen LogP contribution in [0.2, 0.25) is 0 Å². The minimum absolute atomic E-state index is 0.00357. The van der Waals surface area contributed by atoms with Crippen LogP contribution in [-0.2, 0) is 16.1 Å². The molecule has 0 radical (unpaired) electrons. The molecule has 1 N–H and O–H groups in total. The molecule has 2 heterocycles. The number of methoxy groups -OCH3 is 1. The Balaban J connectivity index is 1.24. The van der Waals surface area contributed by atoms with Gasteiger partial charge in [-0.05, 0) is 47.8 Å². The van der Waals surface area contributed by atoms with Crippen LogP contribution in [0.3, 0.4) is 0 Å². The zero-order valence-corrected chi connectivity index (χ0v) is 18.5. The van der Waals surface area contributed by atoms with Crippen molar-refractivity contribution >= 4 is 28.9 Å². The van der Waals surface area contributed by atoms with Crippen molar-refractivity contribution in [2.75, 3.05) is 19.0 Å². The molecule has 4 rings (SSSR count). The molecule has 2 aromatic heterocycles. The number of aromatic nitrogens is 1. The lowest BCUT2D eigenvalue weighted by Crippen LogP contribution is -2.20. The number of carbonyl (C=O) groups is 2. The fourth-order valence-corrected chi connectivity index (χ4v) is 3.54. The first kappa shape index (κ1) is 22.1. The van der Waals surface area contributed by atoms with E-state index in [0.717, 1.165) is 4.88 Å². The maximum Gasteiger partial charge on any atom is 0.338 e. The first-order valence-electron chi connectivity index (χ1n) is 9.94. The molecule has 1 amide bonds. The van der Waals surface area contributed by atoms with Gasteiger partial charge in [-0.3, -0.25) is 4.79 Å². The van der Waals surface area contributed by atoms with Crippen LogP contribution in [0.1, 0.15) is 16.1 Å². The topological polar surface area (TPSA) is 99.9 Å². The van der Waals surface area contributed by atoms with E-state index >= 15 is 0 Å². The van der Waals surface area contributed by atoms with Crippen LogP contribution in [0, 0.1) is 0 Å². The van der Waals surface area contributed by atoms with E-state index in [1.165, 1.54) is 11.3 Å². The number of hydrogen-bond acceptors (Lipinski definition) is 8. The number of esters is 1. The van der Waals surface area contributed by atoms with E-state index in [1.54, 1.807) is 61.7 Å². The predicted octanol–water partition coefficient (Wildman–Crippen LogP) is 4.79. The fraction of sp³-hybridized carbons (Fsp3) is 0.125. The largest absolute Gasteiger partial charge is 0.497 e. The lowest BCUT2D eigenvalue weighted by molar-refractivity contribution is -0.118. The predicted molar refractivity (Wildman–Crippen MR) is 122 cm³/mol. The highest BCUT2D eigenvalue weighted by Gasteiger charge is 2.12. The first-order chi connectivity index (χ1) is 16.1. The molecule has 0 saturated heterocycles. The summed E-state index contributed by atoms with van der Waals surface area (Å²) in [6.45, 7) is -0.184. The van der Waals surface area contributed by atoms with Gasteiger partial charge in [0.05, 0.1) is 17.6 Å². The summed E-state index contributed by atoms with van der Waals surface area (Å²) in [6.07, 6.45) is 0. The number of thiophene rings is 1. The second kappa shape index (κ2) is 10.5. The summed E-state index contributed by atoms with van der Waals surface area (Å²) in [6, 6.07) is 18.9. The molecule has 0 saturated carbocycles. The van der Waals surface area contributed by atoms with Crippen LogP contribution in [0.5, 0.6) is 11.5 Å². The van der Waals surface area contributed by atoms with Gasteiger partial charge in [-0.2, -0.15) is 0 Å². The van der Waals surface area contributed by atoms with Gasteiger partial charge in [-0.15, -0.1) is 11.3 Å². The number of benzene rings is 2. The molecule has 9 heteroatoms. The number of nitrogens with zero attached hydrogens (tertiary/aromatic N) is 1. The van der Waals surface area contributed by atoms with E-state index in [-0.39, 0.29) is 19.1 Å². The third-order valence-electron chi connectivity index (χ3n) is 4.49. The molecule has 0 atom stereocenters. The maximum absolute atomic E-state index is 12.3. The van der Waals surface area contributed by atoms with Crippen LogP contribution in [-0.4, -0.2) is 30.7 Å². The summed E-state index contributed by atoms with van der Waals surface area (Å²) < 4.78 is 21.2. The number of nitrogens with one attached hydrogen (secondary N) is 1. The minimum Gasteiger partial charge on any atom is -0.497 e. The summed E-state index contributed by atoms with van der Waals surface area (Å²) in [4.78, 5) is 25.3. The Morgan fingerprint density at radius 1 is 1.03 bits per heavy atom. The van der Waals surface area contributed by atoms with Crippen molar-refractivity contribution < 1.29 is 28.3 Å². The molecule has 0 spiro atoms. The SMILES string of the molecule is COc1cccc(NC(=O)COc2ccc(C(=O)OCc3cc(-c4cccs4)on3)cc2)c1. The first-order valence-corrected chi connectivity index (χ1v) is 10.8. The number of hydrogen-bond donors (Lipinski definition) is 1. The lowest BCUT2D eigenvalue weighted by Gasteiger charge is -2.09. The van der Waals surface area contributed by atoms with Crippen LogP contribution < -0.4 is 14.8 Å². The average Bonchev–Trinajstić information content (AvgIpc) is 3.54. The van der Waals surface area contributed by atoms with E-state index in [0.29, 0.717) is 34.2 Å². The van der Waals surface area contributed by atoms with E-state index in [1.807, 2.05) is 17.5 Å². The van der Waals surface area contributed by atoms with Crippen molar-refractivity contribution in [3.05, 3.63) is 83.4 Å². The lowest BCUT2D eigenvalue weighted by atomic mass is 10.2. The van der Waals surface area contributed by atoms with Gasteiger partial charge in [0.1, 0.15) is 23.8 Å². The Hall–Kier alpha value is -4.11. The van der Waals surface area contributed by atoms with Crippen LogP contribution >= 0.6 is 11.3 Å². The Morgan fingerprint density at radius 2 is 1.88 bits per heavy atom. The van der Waals surface area contributed by atoms with Crippen molar-refractivity contribution in [2.45, 2.75) is 6.61 Å². The Kier molecular flexibility index (Phi) is 7.01. The fourth-order valence-electron chi connectivity index (χ4n) is 2.87. The Bertz CT molecular complexity index is 1220. The van der Waals surface area contributed by atoms with Gasteiger partial charge in [-0.25, -0.2) is 4.79 Å². The van der Waals surface area contributed by atoms with Crippen LogP contribution in [0.25, 0.3) is 10.6 Å². The highest BCUT2D eigenvalue weighted by molar-refractivity contribution is 7.13. The van der Waals surface area contributed by atoms with Crippen LogP contribution in [0.15, 0.2) is 76.6 Å². The summed E-state index contributed by atoms with van der Waals surface area (Å²) in [5.41, 5.74) is 1.48. The number of ether oxygens (including phenoxy) is 3. The smallest absolute Gasteiger partial charge is 0.338 e. The molecule has 0 fully saturated rings. The summed E-state index contributed by atoms with van der Waals surface area (Å²) >= 11 is 1.54. The molecule has 0 bridgehead atoms. The van der Waals surface area contributed by atoms with Crippen molar-refractivity contribution in [1.82, 2.24) is 5.16 Å². The molecule has 33 heavy (non-hydrogen) atoms. The van der Waals surface area contributed by atoms with Gasteiger partial charge in [0, 0.05) is 17.8 Å². The van der Waals surface area contributed by atoms with Crippen molar-refractivity contribution in [3.63, 3.8) is 0 Å². The number of anilines is 1. The van der Waals surface area contributed by atoms with E-state index in [4.69, 9.17) is 18.7 Å². The Labute approximate surface area is 193 Å². The van der Waals surface area contributed by atoms with Gasteiger partial charge in [0.15, 0.2) is 12.4 Å². The zero-order valence-electron chi connectivity index (χ0n) is 17.6. The van der Waals surface area contributed by atoms with Crippen molar-refractivity contribution in [2.24, 2.45) is 0 Å². The summed E-state index contributed by atoms with van der Waals surface area (Å²) in [5, 5.41) is 8.59. The van der Waals surface area contributed by atoms with E-state index < -0.39 is 5.97 Å². The quantitative estimate of drug-likeness (QED) is 0.356. The average molecular weight is 464 g/mol. The van der Waals surface area contributed by atoms with Gasteiger partial charge >= 0.3 is 5.97 Å². The molecule has 4 aromatic rings. The molecule has 2 aromatic carbocycles. The monoisotopic (exact) mass is 464 g/mol. The van der Waals surface area contributed by atoms with Gasteiger partial charge in [0.25, 0.3) is 5.91 Å². The molecule has 0 aliphatic heterocycles. The van der Waals surface area contributed by atoms with Crippen molar-refractivity contribution in [3.8, 4) is 22.1 Å². The third-order valence-corrected chi connectivity index (χ3v) is 5.37. The van der Waals surface area contributed by atoms with Gasteiger partial charge in [0.2, 0.25) is 0 Å². The molecular formula is C24H20N2O6S. The summed E-state index contributed by atoms with van der Waals surface area (Å²) in [5.74, 6) is 0.902. The Morgan fingerprint density at radius 3 is 2.64 bits per heavy atom. The highest BCUT2D eigenvalue weighted by atomic mass is 32.1. The van der Waals surface area contributed by atoms with Gasteiger partial charge < -0.3 is 24.1 Å². The zero-order chi connectivity index (χ0) is 23.0. The molecule has 168 valence electrons. The van der Waals surface area contributed by atoms with E-state index in [2.05, 4.69) is 10.5 Å². The number of carbonyl (C=O) groups excluding carboxylic acids is 2. The normalized spacial score (nSPS) is 10.5. The third kappa shape index (κ3) is 5.98. The van der Waals surface area contributed by atoms with E-state index in [9.17, 15) is 9.59 Å². The van der Waals surface area contributed by atoms with Crippen LogP contribution in [0.4, 0.5) is 5.69 Å². The molecule has 0 aliphatic rings. The van der Waals surface area contributed by atoms with Gasteiger partial charge in [-0.1, -0.05) is 17.3 Å².